The molecule has 0 unspecified atom stereocenters. The SMILES string of the molecule is CC(C)(C)OC(=O)Nc1ccc(CNCc2cncnc2)cc1. The van der Waals surface area contributed by atoms with Gasteiger partial charge in [0.05, 0.1) is 0 Å². The second kappa shape index (κ2) is 7.69. The number of anilines is 1. The predicted octanol–water partition coefficient (Wildman–Crippen LogP) is 3.11. The van der Waals surface area contributed by atoms with Gasteiger partial charge in [-0.3, -0.25) is 5.32 Å². The summed E-state index contributed by atoms with van der Waals surface area (Å²) < 4.78 is 5.21. The number of hydrogen-bond acceptors (Lipinski definition) is 5. The molecule has 0 atom stereocenters. The van der Waals surface area contributed by atoms with Gasteiger partial charge in [-0.05, 0) is 38.5 Å². The smallest absolute Gasteiger partial charge is 0.412 e. The number of ether oxygens (including phenoxy) is 1. The van der Waals surface area contributed by atoms with Crippen LogP contribution in [0.1, 0.15) is 31.9 Å². The zero-order valence-electron chi connectivity index (χ0n) is 13.7. The van der Waals surface area contributed by atoms with Crippen LogP contribution in [0.5, 0.6) is 0 Å². The first-order valence-corrected chi connectivity index (χ1v) is 7.46. The van der Waals surface area contributed by atoms with E-state index in [1.807, 2.05) is 45.0 Å². The third-order valence-electron chi connectivity index (χ3n) is 2.87. The van der Waals surface area contributed by atoms with E-state index in [0.717, 1.165) is 17.7 Å². The molecule has 2 rings (SSSR count). The van der Waals surface area contributed by atoms with E-state index in [-0.39, 0.29) is 0 Å². The van der Waals surface area contributed by atoms with E-state index in [1.54, 1.807) is 12.4 Å². The topological polar surface area (TPSA) is 76.1 Å². The van der Waals surface area contributed by atoms with Gasteiger partial charge in [-0.2, -0.15) is 0 Å². The maximum atomic E-state index is 11.7. The predicted molar refractivity (Wildman–Crippen MR) is 88.9 cm³/mol. The number of benzene rings is 1. The van der Waals surface area contributed by atoms with Gasteiger partial charge in [0.1, 0.15) is 11.9 Å². The van der Waals surface area contributed by atoms with Crippen molar-refractivity contribution in [1.82, 2.24) is 15.3 Å². The minimum Gasteiger partial charge on any atom is -0.444 e. The van der Waals surface area contributed by atoms with Crippen molar-refractivity contribution >= 4 is 11.8 Å². The summed E-state index contributed by atoms with van der Waals surface area (Å²) in [6, 6.07) is 7.63. The number of hydrogen-bond donors (Lipinski definition) is 2. The van der Waals surface area contributed by atoms with Gasteiger partial charge in [0.25, 0.3) is 0 Å². The molecule has 0 saturated carbocycles. The fourth-order valence-electron chi connectivity index (χ4n) is 1.90. The third kappa shape index (κ3) is 6.44. The number of rotatable bonds is 5. The number of nitrogens with zero attached hydrogens (tertiary/aromatic N) is 2. The van der Waals surface area contributed by atoms with Crippen molar-refractivity contribution in [2.45, 2.75) is 39.5 Å². The maximum absolute atomic E-state index is 11.7. The Morgan fingerprint density at radius 2 is 1.65 bits per heavy atom. The molecule has 0 aliphatic rings. The van der Waals surface area contributed by atoms with Crippen LogP contribution in [-0.2, 0) is 17.8 Å². The minimum atomic E-state index is -0.505. The standard InChI is InChI=1S/C17H22N4O2/c1-17(2,3)23-16(22)21-15-6-4-13(5-7-15)8-18-9-14-10-19-12-20-11-14/h4-7,10-12,18H,8-9H2,1-3H3,(H,21,22). The Bertz CT molecular complexity index is 621. The van der Waals surface area contributed by atoms with Crippen LogP contribution in [0.4, 0.5) is 10.5 Å². The Labute approximate surface area is 136 Å². The molecule has 1 heterocycles. The van der Waals surface area contributed by atoms with Gasteiger partial charge in [0, 0.05) is 36.7 Å². The molecule has 0 spiro atoms. The Balaban J connectivity index is 1.79. The van der Waals surface area contributed by atoms with E-state index < -0.39 is 11.7 Å². The molecule has 1 amide bonds. The normalized spacial score (nSPS) is 11.1. The fourth-order valence-corrected chi connectivity index (χ4v) is 1.90. The lowest BCUT2D eigenvalue weighted by molar-refractivity contribution is 0.0636. The highest BCUT2D eigenvalue weighted by Crippen LogP contribution is 2.13. The first-order chi connectivity index (χ1) is 10.9. The average Bonchev–Trinajstić information content (AvgIpc) is 2.48. The van der Waals surface area contributed by atoms with Crippen molar-refractivity contribution in [3.05, 3.63) is 54.1 Å². The maximum Gasteiger partial charge on any atom is 0.412 e. The zero-order chi connectivity index (χ0) is 16.7. The van der Waals surface area contributed by atoms with Crippen molar-refractivity contribution in [3.8, 4) is 0 Å². The molecular weight excluding hydrogens is 292 g/mol. The third-order valence-corrected chi connectivity index (χ3v) is 2.87. The van der Waals surface area contributed by atoms with Crippen LogP contribution in [0.25, 0.3) is 0 Å². The van der Waals surface area contributed by atoms with Crippen LogP contribution in [0, 0.1) is 0 Å². The molecular formula is C17H22N4O2. The average molecular weight is 314 g/mol. The number of carbonyl (C=O) groups excluding carboxylic acids is 1. The summed E-state index contributed by atoms with van der Waals surface area (Å²) in [4.78, 5) is 19.6. The van der Waals surface area contributed by atoms with Crippen LogP contribution in [0.3, 0.4) is 0 Å². The molecule has 0 aliphatic heterocycles. The first-order valence-electron chi connectivity index (χ1n) is 7.46. The molecule has 0 fully saturated rings. The summed E-state index contributed by atoms with van der Waals surface area (Å²) >= 11 is 0. The van der Waals surface area contributed by atoms with E-state index in [0.29, 0.717) is 12.2 Å². The molecule has 0 radical (unpaired) electrons. The molecule has 23 heavy (non-hydrogen) atoms. The molecule has 1 aromatic heterocycles. The quantitative estimate of drug-likeness (QED) is 0.887. The molecule has 122 valence electrons. The van der Waals surface area contributed by atoms with E-state index in [4.69, 9.17) is 4.74 Å². The fraction of sp³-hybridized carbons (Fsp3) is 0.353. The summed E-state index contributed by atoms with van der Waals surface area (Å²) in [6.45, 7) is 6.93. The molecule has 0 aliphatic carbocycles. The molecule has 6 heteroatoms. The van der Waals surface area contributed by atoms with E-state index in [1.165, 1.54) is 6.33 Å². The summed E-state index contributed by atoms with van der Waals surface area (Å²) in [6.07, 6.45) is 4.63. The Kier molecular flexibility index (Phi) is 5.65. The van der Waals surface area contributed by atoms with Crippen molar-refractivity contribution in [3.63, 3.8) is 0 Å². The van der Waals surface area contributed by atoms with Gasteiger partial charge >= 0.3 is 6.09 Å². The number of amides is 1. The lowest BCUT2D eigenvalue weighted by atomic mass is 10.2. The highest BCUT2D eigenvalue weighted by Gasteiger charge is 2.15. The largest absolute Gasteiger partial charge is 0.444 e. The monoisotopic (exact) mass is 314 g/mol. The summed E-state index contributed by atoms with van der Waals surface area (Å²) in [5.41, 5.74) is 2.36. The van der Waals surface area contributed by atoms with Crippen LogP contribution < -0.4 is 10.6 Å². The van der Waals surface area contributed by atoms with Gasteiger partial charge in [0.15, 0.2) is 0 Å². The summed E-state index contributed by atoms with van der Waals surface area (Å²) in [5, 5.41) is 6.03. The molecule has 0 bridgehead atoms. The van der Waals surface area contributed by atoms with E-state index >= 15 is 0 Å². The van der Waals surface area contributed by atoms with Crippen molar-refractivity contribution in [1.29, 1.82) is 0 Å². The van der Waals surface area contributed by atoms with Gasteiger partial charge < -0.3 is 10.1 Å². The van der Waals surface area contributed by atoms with E-state index in [9.17, 15) is 4.79 Å². The lowest BCUT2D eigenvalue weighted by Gasteiger charge is -2.19. The molecule has 6 nitrogen and oxygen atoms in total. The van der Waals surface area contributed by atoms with Crippen molar-refractivity contribution in [2.24, 2.45) is 0 Å². The van der Waals surface area contributed by atoms with Gasteiger partial charge in [-0.1, -0.05) is 12.1 Å². The van der Waals surface area contributed by atoms with Crippen LogP contribution in [0.2, 0.25) is 0 Å². The van der Waals surface area contributed by atoms with Gasteiger partial charge in [0.2, 0.25) is 0 Å². The Hall–Kier alpha value is -2.47. The molecule has 0 saturated heterocycles. The Morgan fingerprint density at radius 1 is 1.04 bits per heavy atom. The van der Waals surface area contributed by atoms with Crippen LogP contribution in [0.15, 0.2) is 43.0 Å². The lowest BCUT2D eigenvalue weighted by Crippen LogP contribution is -2.27. The number of aromatic nitrogens is 2. The minimum absolute atomic E-state index is 0.451. The van der Waals surface area contributed by atoms with Crippen molar-refractivity contribution in [2.75, 3.05) is 5.32 Å². The Morgan fingerprint density at radius 3 is 2.26 bits per heavy atom. The van der Waals surface area contributed by atoms with Gasteiger partial charge in [-0.25, -0.2) is 14.8 Å². The first kappa shape index (κ1) is 16.9. The number of carbonyl (C=O) groups is 1. The second-order valence-electron chi connectivity index (χ2n) is 6.17. The highest BCUT2D eigenvalue weighted by molar-refractivity contribution is 5.84. The molecule has 1 aromatic carbocycles. The number of nitrogens with one attached hydrogen (secondary N) is 2. The van der Waals surface area contributed by atoms with E-state index in [2.05, 4.69) is 20.6 Å². The van der Waals surface area contributed by atoms with Crippen LogP contribution in [-0.4, -0.2) is 21.7 Å². The van der Waals surface area contributed by atoms with Crippen LogP contribution >= 0.6 is 0 Å². The molecule has 2 aromatic rings. The summed E-state index contributed by atoms with van der Waals surface area (Å²) in [7, 11) is 0. The van der Waals surface area contributed by atoms with Crippen molar-refractivity contribution < 1.29 is 9.53 Å². The zero-order valence-corrected chi connectivity index (χ0v) is 13.7. The summed E-state index contributed by atoms with van der Waals surface area (Å²) in [5.74, 6) is 0. The highest BCUT2D eigenvalue weighted by atomic mass is 16.6. The second-order valence-corrected chi connectivity index (χ2v) is 6.17. The van der Waals surface area contributed by atoms with Gasteiger partial charge in [-0.15, -0.1) is 0 Å². The molecule has 2 N–H and O–H groups in total.